The summed E-state index contributed by atoms with van der Waals surface area (Å²) >= 11 is 0. The maximum atomic E-state index is 11.7. The van der Waals surface area contributed by atoms with Crippen molar-refractivity contribution in [3.63, 3.8) is 0 Å². The summed E-state index contributed by atoms with van der Waals surface area (Å²) in [5.74, 6) is 0.387. The molecule has 1 heteroatoms. The van der Waals surface area contributed by atoms with Crippen LogP contribution >= 0.6 is 0 Å². The molecule has 0 aromatic carbocycles. The van der Waals surface area contributed by atoms with Crippen molar-refractivity contribution >= 4 is 5.78 Å². The number of ketones is 1. The molecular formula is C11H18O. The summed E-state index contributed by atoms with van der Waals surface area (Å²) in [6.07, 6.45) is 5.86. The van der Waals surface area contributed by atoms with Crippen LogP contribution in [0.5, 0.6) is 0 Å². The molecule has 0 saturated heterocycles. The summed E-state index contributed by atoms with van der Waals surface area (Å²) in [7, 11) is 0. The zero-order chi connectivity index (χ0) is 9.41. The Bertz CT molecular complexity index is 225. The summed E-state index contributed by atoms with van der Waals surface area (Å²) in [4.78, 5) is 11.7. The van der Waals surface area contributed by atoms with Crippen molar-refractivity contribution in [2.45, 2.75) is 40.5 Å². The Morgan fingerprint density at radius 1 is 1.42 bits per heavy atom. The van der Waals surface area contributed by atoms with E-state index in [2.05, 4.69) is 32.9 Å². The molecule has 0 saturated carbocycles. The maximum Gasteiger partial charge on any atom is 0.139 e. The molecule has 0 spiro atoms. The molecule has 0 aromatic heterocycles. The van der Waals surface area contributed by atoms with Crippen molar-refractivity contribution in [3.05, 3.63) is 12.2 Å². The zero-order valence-electron chi connectivity index (χ0n) is 8.48. The first-order chi connectivity index (χ1) is 5.44. The van der Waals surface area contributed by atoms with Gasteiger partial charge in [0.1, 0.15) is 5.78 Å². The molecule has 1 aliphatic carbocycles. The average Bonchev–Trinajstić information content (AvgIpc) is 2.26. The molecule has 0 fully saturated rings. The van der Waals surface area contributed by atoms with Gasteiger partial charge in [-0.15, -0.1) is 0 Å². The molecule has 0 aromatic rings. The van der Waals surface area contributed by atoms with Crippen LogP contribution in [0.25, 0.3) is 0 Å². The van der Waals surface area contributed by atoms with Crippen LogP contribution in [0.3, 0.4) is 0 Å². The number of carbonyl (C=O) groups excluding carboxylic acids is 1. The van der Waals surface area contributed by atoms with Crippen molar-refractivity contribution in [1.29, 1.82) is 0 Å². The highest BCUT2D eigenvalue weighted by molar-refractivity contribution is 5.86. The number of hydrogen-bond acceptors (Lipinski definition) is 1. The van der Waals surface area contributed by atoms with Crippen LogP contribution in [0.1, 0.15) is 40.5 Å². The molecule has 12 heavy (non-hydrogen) atoms. The van der Waals surface area contributed by atoms with Gasteiger partial charge in [-0.2, -0.15) is 0 Å². The molecule has 0 radical (unpaired) electrons. The minimum Gasteiger partial charge on any atom is -0.299 e. The Hall–Kier alpha value is -0.590. The number of carbonyl (C=O) groups is 1. The van der Waals surface area contributed by atoms with Gasteiger partial charge in [0.05, 0.1) is 0 Å². The van der Waals surface area contributed by atoms with Crippen LogP contribution in [-0.4, -0.2) is 5.78 Å². The van der Waals surface area contributed by atoms with Crippen LogP contribution in [0.4, 0.5) is 0 Å². The van der Waals surface area contributed by atoms with Gasteiger partial charge in [0, 0.05) is 11.8 Å². The molecule has 1 nitrogen and oxygen atoms in total. The second-order valence-corrected chi connectivity index (χ2v) is 4.44. The second-order valence-electron chi connectivity index (χ2n) is 4.44. The van der Waals surface area contributed by atoms with Gasteiger partial charge in [-0.05, 0) is 11.8 Å². The van der Waals surface area contributed by atoms with E-state index >= 15 is 0 Å². The molecule has 0 unspecified atom stereocenters. The molecule has 68 valence electrons. The van der Waals surface area contributed by atoms with Crippen LogP contribution in [0.2, 0.25) is 0 Å². The summed E-state index contributed by atoms with van der Waals surface area (Å²) in [6, 6.07) is 0. The van der Waals surface area contributed by atoms with Crippen LogP contribution in [0, 0.1) is 10.8 Å². The van der Waals surface area contributed by atoms with E-state index in [-0.39, 0.29) is 10.8 Å². The fraction of sp³-hybridized carbons (Fsp3) is 0.727. The van der Waals surface area contributed by atoms with E-state index < -0.39 is 0 Å². The summed E-state index contributed by atoms with van der Waals surface area (Å²) in [5, 5.41) is 0. The predicted octanol–water partition coefficient (Wildman–Crippen LogP) is 2.96. The van der Waals surface area contributed by atoms with Crippen molar-refractivity contribution < 1.29 is 4.79 Å². The third-order valence-electron chi connectivity index (χ3n) is 3.42. The minimum atomic E-state index is -0.151. The highest BCUT2D eigenvalue weighted by Crippen LogP contribution is 2.48. The lowest BCUT2D eigenvalue weighted by Gasteiger charge is -2.36. The molecule has 1 atom stereocenters. The SMILES string of the molecule is CCC(=O)[C@]1(C)CC=CC1(C)C. The number of Topliss-reactive ketones (excluding diaryl/α,β-unsaturated/α-hetero) is 1. The van der Waals surface area contributed by atoms with Crippen LogP contribution < -0.4 is 0 Å². The first-order valence-electron chi connectivity index (χ1n) is 4.65. The smallest absolute Gasteiger partial charge is 0.139 e. The normalized spacial score (nSPS) is 32.3. The van der Waals surface area contributed by atoms with Crippen LogP contribution in [0.15, 0.2) is 12.2 Å². The zero-order valence-corrected chi connectivity index (χ0v) is 8.48. The summed E-state index contributed by atoms with van der Waals surface area (Å²) in [5.41, 5.74) is -0.109. The standard InChI is InChI=1S/C11H18O/c1-5-9(12)11(4)8-6-7-10(11,2)3/h6-7H,5,8H2,1-4H3/t11-/m0/s1. The van der Waals surface area contributed by atoms with Crippen molar-refractivity contribution in [2.24, 2.45) is 10.8 Å². The number of allylic oxidation sites excluding steroid dienone is 2. The molecular weight excluding hydrogens is 148 g/mol. The van der Waals surface area contributed by atoms with Gasteiger partial charge < -0.3 is 0 Å². The quantitative estimate of drug-likeness (QED) is 0.576. The van der Waals surface area contributed by atoms with Gasteiger partial charge in [-0.3, -0.25) is 4.79 Å². The van der Waals surface area contributed by atoms with Gasteiger partial charge in [-0.25, -0.2) is 0 Å². The van der Waals surface area contributed by atoms with E-state index in [4.69, 9.17) is 0 Å². The van der Waals surface area contributed by atoms with E-state index in [1.54, 1.807) is 0 Å². The van der Waals surface area contributed by atoms with E-state index in [0.717, 1.165) is 6.42 Å². The largest absolute Gasteiger partial charge is 0.299 e. The second kappa shape index (κ2) is 2.72. The number of rotatable bonds is 2. The van der Waals surface area contributed by atoms with E-state index in [1.807, 2.05) is 6.92 Å². The molecule has 0 heterocycles. The van der Waals surface area contributed by atoms with Gasteiger partial charge in [-0.1, -0.05) is 39.8 Å². The Labute approximate surface area is 74.9 Å². The van der Waals surface area contributed by atoms with E-state index in [9.17, 15) is 4.79 Å². The lowest BCUT2D eigenvalue weighted by Crippen LogP contribution is -2.37. The highest BCUT2D eigenvalue weighted by atomic mass is 16.1. The minimum absolute atomic E-state index is 0.0418. The molecule has 1 aliphatic rings. The molecule has 0 N–H and O–H groups in total. The van der Waals surface area contributed by atoms with Crippen molar-refractivity contribution in [3.8, 4) is 0 Å². The Morgan fingerprint density at radius 2 is 2.00 bits per heavy atom. The van der Waals surface area contributed by atoms with Crippen LogP contribution in [-0.2, 0) is 4.79 Å². The average molecular weight is 166 g/mol. The molecule has 0 bridgehead atoms. The van der Waals surface area contributed by atoms with E-state index in [0.29, 0.717) is 12.2 Å². The Kier molecular flexibility index (Phi) is 2.15. The summed E-state index contributed by atoms with van der Waals surface area (Å²) in [6.45, 7) is 8.31. The molecule has 0 amide bonds. The Balaban J connectivity index is 2.94. The molecule has 0 aliphatic heterocycles. The van der Waals surface area contributed by atoms with Gasteiger partial charge in [0.2, 0.25) is 0 Å². The lowest BCUT2D eigenvalue weighted by molar-refractivity contribution is -0.131. The third-order valence-corrected chi connectivity index (χ3v) is 3.42. The first kappa shape index (κ1) is 9.50. The topological polar surface area (TPSA) is 17.1 Å². The number of hydrogen-bond donors (Lipinski definition) is 0. The molecule has 1 rings (SSSR count). The predicted molar refractivity (Wildman–Crippen MR) is 50.9 cm³/mol. The van der Waals surface area contributed by atoms with Gasteiger partial charge in [0.25, 0.3) is 0 Å². The van der Waals surface area contributed by atoms with Crippen molar-refractivity contribution in [1.82, 2.24) is 0 Å². The monoisotopic (exact) mass is 166 g/mol. The fourth-order valence-electron chi connectivity index (χ4n) is 1.90. The van der Waals surface area contributed by atoms with Gasteiger partial charge in [0.15, 0.2) is 0 Å². The summed E-state index contributed by atoms with van der Waals surface area (Å²) < 4.78 is 0. The first-order valence-corrected chi connectivity index (χ1v) is 4.65. The third kappa shape index (κ3) is 1.12. The lowest BCUT2D eigenvalue weighted by atomic mass is 9.66. The highest BCUT2D eigenvalue weighted by Gasteiger charge is 2.46. The van der Waals surface area contributed by atoms with Gasteiger partial charge >= 0.3 is 0 Å². The van der Waals surface area contributed by atoms with Crippen molar-refractivity contribution in [2.75, 3.05) is 0 Å². The Morgan fingerprint density at radius 3 is 2.33 bits per heavy atom. The fourth-order valence-corrected chi connectivity index (χ4v) is 1.90. The maximum absolute atomic E-state index is 11.7. The van der Waals surface area contributed by atoms with E-state index in [1.165, 1.54) is 0 Å².